The lowest BCUT2D eigenvalue weighted by Crippen LogP contribution is -2.29. The molecule has 0 aromatic carbocycles. The second-order valence-corrected chi connectivity index (χ2v) is 2.49. The molecule has 0 heterocycles. The fourth-order valence-corrected chi connectivity index (χ4v) is 1.09. The first kappa shape index (κ1) is 9.90. The molecule has 0 aromatic rings. The minimum Gasteiger partial charge on any atom is -0.480 e. The predicted molar refractivity (Wildman–Crippen MR) is 48.0 cm³/mol. The van der Waals surface area contributed by atoms with Gasteiger partial charge in [0.15, 0.2) is 0 Å². The molecule has 4 heteroatoms. The summed E-state index contributed by atoms with van der Waals surface area (Å²) in [7, 11) is 0. The molecule has 0 radical (unpaired) electrons. The molecule has 0 amide bonds. The second kappa shape index (κ2) is 5.67. The summed E-state index contributed by atoms with van der Waals surface area (Å²) in [5.41, 5.74) is 0. The number of aliphatic carboxylic acids is 1. The summed E-state index contributed by atoms with van der Waals surface area (Å²) in [6.07, 6.45) is 3.04. The quantitative estimate of drug-likeness (QED) is 0.443. The van der Waals surface area contributed by atoms with Crippen LogP contribution in [0.4, 0.5) is 0 Å². The van der Waals surface area contributed by atoms with Gasteiger partial charge >= 0.3 is 5.97 Å². The second-order valence-electron chi connectivity index (χ2n) is 1.87. The van der Waals surface area contributed by atoms with E-state index in [2.05, 4.69) is 10.1 Å². The van der Waals surface area contributed by atoms with Crippen LogP contribution in [0, 0.1) is 0 Å². The molecule has 0 bridgehead atoms. The lowest BCUT2D eigenvalue weighted by molar-refractivity contribution is -0.138. The van der Waals surface area contributed by atoms with Crippen LogP contribution in [0.25, 0.3) is 0 Å². The Kier molecular flexibility index (Phi) is 5.61. The number of carboxylic acid groups (broad SMARTS) is 1. The van der Waals surface area contributed by atoms with Crippen LogP contribution in [0.1, 0.15) is 12.8 Å². The number of hydrogen-bond donors (Lipinski definition) is 2. The molecule has 0 unspecified atom stereocenters. The fourth-order valence-electron chi connectivity index (χ4n) is 0.509. The molecule has 0 saturated heterocycles. The highest BCUT2D eigenvalue weighted by Gasteiger charge is 2.13. The van der Waals surface area contributed by atoms with Crippen molar-refractivity contribution in [3.63, 3.8) is 0 Å². The van der Waals surface area contributed by atoms with E-state index in [4.69, 9.17) is 5.11 Å². The summed E-state index contributed by atoms with van der Waals surface area (Å²) >= 11 is 1.84. The van der Waals surface area contributed by atoms with Crippen LogP contribution in [0.3, 0.4) is 0 Å². The first-order valence-corrected chi connectivity index (χ1v) is 4.00. The third-order valence-electron chi connectivity index (χ3n) is 1.09. The van der Waals surface area contributed by atoms with E-state index in [-0.39, 0.29) is 0 Å². The van der Waals surface area contributed by atoms with E-state index < -0.39 is 12.0 Å². The number of halogens is 1. The van der Waals surface area contributed by atoms with Crippen molar-refractivity contribution in [2.45, 2.75) is 18.9 Å². The molecule has 0 rings (SSSR count). The van der Waals surface area contributed by atoms with E-state index in [1.165, 1.54) is 0 Å². The molecule has 0 aromatic heterocycles. The standard InChI is InChI=1S/C6H10INO2/c1-2-3-4-5(8-7)6(9)10/h2,5,8H,1,3-4H2,(H,9,10)/t5-/m0/s1. The van der Waals surface area contributed by atoms with Gasteiger partial charge in [0.2, 0.25) is 0 Å². The molecule has 2 N–H and O–H groups in total. The Morgan fingerprint density at radius 1 is 1.90 bits per heavy atom. The molecule has 0 saturated carbocycles. The maximum atomic E-state index is 10.3. The number of carbonyl (C=O) groups is 1. The van der Waals surface area contributed by atoms with Crippen LogP contribution >= 0.6 is 22.9 Å². The highest BCUT2D eigenvalue weighted by atomic mass is 127. The van der Waals surface area contributed by atoms with Crippen LogP contribution in [-0.2, 0) is 4.79 Å². The van der Waals surface area contributed by atoms with Crippen LogP contribution in [0.15, 0.2) is 12.7 Å². The summed E-state index contributed by atoms with van der Waals surface area (Å²) in [6.45, 7) is 3.50. The van der Waals surface area contributed by atoms with Crippen molar-refractivity contribution in [3.05, 3.63) is 12.7 Å². The van der Waals surface area contributed by atoms with E-state index >= 15 is 0 Å². The Labute approximate surface area is 74.0 Å². The summed E-state index contributed by atoms with van der Waals surface area (Å²) < 4.78 is 2.66. The molecular weight excluding hydrogens is 245 g/mol. The minimum absolute atomic E-state index is 0.446. The number of hydrogen-bond acceptors (Lipinski definition) is 2. The summed E-state index contributed by atoms with van der Waals surface area (Å²) in [4.78, 5) is 10.3. The zero-order chi connectivity index (χ0) is 7.98. The minimum atomic E-state index is -0.809. The van der Waals surface area contributed by atoms with Crippen LogP contribution in [-0.4, -0.2) is 17.1 Å². The van der Waals surface area contributed by atoms with Gasteiger partial charge in [0.05, 0.1) is 0 Å². The SMILES string of the molecule is C=CCC[C@H](NI)C(=O)O. The van der Waals surface area contributed by atoms with Gasteiger partial charge in [-0.25, -0.2) is 3.53 Å². The summed E-state index contributed by atoms with van der Waals surface area (Å²) in [6, 6.07) is -0.446. The van der Waals surface area contributed by atoms with Crippen molar-refractivity contribution in [3.8, 4) is 0 Å². The lowest BCUT2D eigenvalue weighted by atomic mass is 10.2. The first-order valence-electron chi connectivity index (χ1n) is 2.92. The Morgan fingerprint density at radius 3 is 2.80 bits per heavy atom. The topological polar surface area (TPSA) is 49.3 Å². The molecule has 0 fully saturated rings. The number of allylic oxidation sites excluding steroid dienone is 1. The van der Waals surface area contributed by atoms with Crippen molar-refractivity contribution in [2.75, 3.05) is 0 Å². The van der Waals surface area contributed by atoms with Gasteiger partial charge in [0.25, 0.3) is 0 Å². The Hall–Kier alpha value is -0.100. The third kappa shape index (κ3) is 3.84. The Balaban J connectivity index is 3.60. The van der Waals surface area contributed by atoms with Crippen molar-refractivity contribution in [2.24, 2.45) is 0 Å². The van der Waals surface area contributed by atoms with Crippen LogP contribution in [0.2, 0.25) is 0 Å². The lowest BCUT2D eigenvalue weighted by Gasteiger charge is -2.06. The largest absolute Gasteiger partial charge is 0.480 e. The van der Waals surface area contributed by atoms with E-state index in [1.54, 1.807) is 6.08 Å². The van der Waals surface area contributed by atoms with Gasteiger partial charge in [-0.05, 0) is 12.8 Å². The van der Waals surface area contributed by atoms with Crippen molar-refractivity contribution >= 4 is 28.8 Å². The average molecular weight is 255 g/mol. The van der Waals surface area contributed by atoms with Gasteiger partial charge in [-0.2, -0.15) is 0 Å². The highest BCUT2D eigenvalue weighted by Crippen LogP contribution is 1.99. The first-order chi connectivity index (χ1) is 4.72. The number of carboxylic acids is 1. The van der Waals surface area contributed by atoms with Crippen LogP contribution < -0.4 is 3.53 Å². The molecular formula is C6H10INO2. The van der Waals surface area contributed by atoms with Gasteiger partial charge in [0.1, 0.15) is 6.04 Å². The van der Waals surface area contributed by atoms with E-state index in [0.717, 1.165) is 6.42 Å². The van der Waals surface area contributed by atoms with Gasteiger partial charge in [-0.3, -0.25) is 4.79 Å². The number of rotatable bonds is 5. The third-order valence-corrected chi connectivity index (χ3v) is 1.84. The Morgan fingerprint density at radius 2 is 2.50 bits per heavy atom. The number of nitrogens with one attached hydrogen (secondary N) is 1. The molecule has 0 aliphatic heterocycles. The molecule has 58 valence electrons. The predicted octanol–water partition coefficient (Wildman–Crippen LogP) is 1.35. The molecule has 3 nitrogen and oxygen atoms in total. The van der Waals surface area contributed by atoms with Gasteiger partial charge in [-0.15, -0.1) is 6.58 Å². The van der Waals surface area contributed by atoms with E-state index in [9.17, 15) is 4.79 Å². The van der Waals surface area contributed by atoms with Crippen molar-refractivity contribution in [1.82, 2.24) is 3.53 Å². The maximum Gasteiger partial charge on any atom is 0.321 e. The van der Waals surface area contributed by atoms with Crippen molar-refractivity contribution < 1.29 is 9.90 Å². The maximum absolute atomic E-state index is 10.3. The molecule has 1 atom stereocenters. The summed E-state index contributed by atoms with van der Waals surface area (Å²) in [5.74, 6) is -0.809. The Bertz CT molecular complexity index is 127. The zero-order valence-electron chi connectivity index (χ0n) is 5.51. The molecule has 0 aliphatic carbocycles. The van der Waals surface area contributed by atoms with E-state index in [0.29, 0.717) is 6.42 Å². The smallest absolute Gasteiger partial charge is 0.321 e. The average Bonchev–Trinajstić information content (AvgIpc) is 1.89. The van der Waals surface area contributed by atoms with Crippen LogP contribution in [0.5, 0.6) is 0 Å². The molecule has 10 heavy (non-hydrogen) atoms. The van der Waals surface area contributed by atoms with Crippen molar-refractivity contribution in [1.29, 1.82) is 0 Å². The molecule has 0 spiro atoms. The molecule has 0 aliphatic rings. The summed E-state index contributed by atoms with van der Waals surface area (Å²) in [5, 5.41) is 8.50. The monoisotopic (exact) mass is 255 g/mol. The van der Waals surface area contributed by atoms with E-state index in [1.807, 2.05) is 22.9 Å². The highest BCUT2D eigenvalue weighted by molar-refractivity contribution is 14.1. The normalized spacial score (nSPS) is 12.5. The van der Waals surface area contributed by atoms with Gasteiger partial charge in [0, 0.05) is 22.9 Å². The zero-order valence-corrected chi connectivity index (χ0v) is 7.67. The fraction of sp³-hybridized carbons (Fsp3) is 0.500. The van der Waals surface area contributed by atoms with Gasteiger partial charge in [-0.1, -0.05) is 6.08 Å². The van der Waals surface area contributed by atoms with Gasteiger partial charge < -0.3 is 5.11 Å².